The topological polar surface area (TPSA) is 45.2 Å². The predicted octanol–water partition coefficient (Wildman–Crippen LogP) is 2.67. The minimum atomic E-state index is 0.224. The first-order valence-electron chi connectivity index (χ1n) is 6.94. The van der Waals surface area contributed by atoms with Gasteiger partial charge >= 0.3 is 0 Å². The summed E-state index contributed by atoms with van der Waals surface area (Å²) in [7, 11) is 0. The number of hydrogen-bond donors (Lipinski definition) is 1. The number of aryl methyl sites for hydroxylation is 2. The lowest BCUT2D eigenvalue weighted by Crippen LogP contribution is -2.33. The average molecular weight is 283 g/mol. The van der Waals surface area contributed by atoms with Crippen molar-refractivity contribution < 1.29 is 4.79 Å². The summed E-state index contributed by atoms with van der Waals surface area (Å²) in [4.78, 5) is 19.4. The van der Waals surface area contributed by atoms with Gasteiger partial charge in [-0.2, -0.15) is 0 Å². The minimum Gasteiger partial charge on any atom is -0.343 e. The molecule has 1 heterocycles. The number of nitrogens with zero attached hydrogens (tertiary/aromatic N) is 2. The van der Waals surface area contributed by atoms with Gasteiger partial charge in [0.25, 0.3) is 0 Å². The van der Waals surface area contributed by atoms with E-state index >= 15 is 0 Å². The molecule has 1 amide bonds. The molecule has 1 unspecified atom stereocenters. The van der Waals surface area contributed by atoms with Crippen LogP contribution in [0, 0.1) is 13.8 Å². The highest BCUT2D eigenvalue weighted by Gasteiger charge is 2.14. The molecule has 0 saturated heterocycles. The molecule has 0 spiro atoms. The van der Waals surface area contributed by atoms with Crippen molar-refractivity contribution in [2.24, 2.45) is 0 Å². The van der Waals surface area contributed by atoms with E-state index in [2.05, 4.69) is 17.2 Å². The number of carbonyl (C=O) groups is 1. The molecule has 0 fully saturated rings. The first-order chi connectivity index (χ1) is 8.99. The molecule has 5 heteroatoms. The molecule has 1 rings (SSSR count). The highest BCUT2D eigenvalue weighted by atomic mass is 32.1. The van der Waals surface area contributed by atoms with Crippen molar-refractivity contribution in [2.75, 3.05) is 19.6 Å². The van der Waals surface area contributed by atoms with Gasteiger partial charge in [0.2, 0.25) is 5.91 Å². The van der Waals surface area contributed by atoms with Crippen molar-refractivity contribution in [2.45, 2.75) is 47.1 Å². The van der Waals surface area contributed by atoms with Gasteiger partial charge in [0.1, 0.15) is 0 Å². The van der Waals surface area contributed by atoms with Crippen molar-refractivity contribution in [3.63, 3.8) is 0 Å². The zero-order valence-electron chi connectivity index (χ0n) is 12.6. The van der Waals surface area contributed by atoms with E-state index in [1.807, 2.05) is 32.6 Å². The van der Waals surface area contributed by atoms with Gasteiger partial charge in [-0.3, -0.25) is 4.79 Å². The Morgan fingerprint density at radius 2 is 2.00 bits per heavy atom. The standard InChI is InChI=1S/C14H25N3OS/c1-6-17(7-2)13(18)8-9-15-10(3)14-11(4)16-12(5)19-14/h10,15H,6-9H2,1-5H3. The van der Waals surface area contributed by atoms with Gasteiger partial charge in [0, 0.05) is 37.0 Å². The average Bonchev–Trinajstić information content (AvgIpc) is 2.70. The van der Waals surface area contributed by atoms with Gasteiger partial charge in [0.15, 0.2) is 0 Å². The molecule has 108 valence electrons. The zero-order valence-corrected chi connectivity index (χ0v) is 13.4. The summed E-state index contributed by atoms with van der Waals surface area (Å²) < 4.78 is 0. The normalized spacial score (nSPS) is 12.5. The number of thiazole rings is 1. The van der Waals surface area contributed by atoms with Gasteiger partial charge in [-0.05, 0) is 34.6 Å². The van der Waals surface area contributed by atoms with E-state index in [1.165, 1.54) is 4.88 Å². The number of rotatable bonds is 7. The molecule has 1 N–H and O–H groups in total. The molecule has 0 saturated carbocycles. The second-order valence-corrected chi connectivity index (χ2v) is 5.91. The van der Waals surface area contributed by atoms with Gasteiger partial charge in [-0.25, -0.2) is 4.98 Å². The van der Waals surface area contributed by atoms with E-state index in [1.54, 1.807) is 11.3 Å². The molecule has 1 aromatic heterocycles. The van der Waals surface area contributed by atoms with Gasteiger partial charge in [-0.15, -0.1) is 11.3 Å². The van der Waals surface area contributed by atoms with Crippen LogP contribution >= 0.6 is 11.3 Å². The molecule has 1 atom stereocenters. The quantitative estimate of drug-likeness (QED) is 0.837. The third kappa shape index (κ3) is 4.58. The van der Waals surface area contributed by atoms with Crippen LogP contribution in [0.25, 0.3) is 0 Å². The fourth-order valence-corrected chi connectivity index (χ4v) is 3.13. The third-order valence-corrected chi connectivity index (χ3v) is 4.49. The summed E-state index contributed by atoms with van der Waals surface area (Å²) in [6.07, 6.45) is 0.558. The minimum absolute atomic E-state index is 0.224. The maximum absolute atomic E-state index is 11.9. The van der Waals surface area contributed by atoms with Crippen LogP contribution in [-0.4, -0.2) is 35.4 Å². The van der Waals surface area contributed by atoms with E-state index < -0.39 is 0 Å². The lowest BCUT2D eigenvalue weighted by atomic mass is 10.2. The lowest BCUT2D eigenvalue weighted by molar-refractivity contribution is -0.130. The van der Waals surface area contributed by atoms with E-state index in [4.69, 9.17) is 0 Å². The molecule has 0 aliphatic rings. The van der Waals surface area contributed by atoms with E-state index in [9.17, 15) is 4.79 Å². The second-order valence-electron chi connectivity index (χ2n) is 4.67. The third-order valence-electron chi connectivity index (χ3n) is 3.24. The van der Waals surface area contributed by atoms with Crippen LogP contribution in [0.1, 0.15) is 48.8 Å². The van der Waals surface area contributed by atoms with Crippen molar-refractivity contribution in [3.05, 3.63) is 15.6 Å². The van der Waals surface area contributed by atoms with Crippen LogP contribution < -0.4 is 5.32 Å². The van der Waals surface area contributed by atoms with Crippen LogP contribution in [-0.2, 0) is 4.79 Å². The van der Waals surface area contributed by atoms with Gasteiger partial charge < -0.3 is 10.2 Å². The molecule has 0 aliphatic heterocycles. The van der Waals surface area contributed by atoms with E-state index in [0.29, 0.717) is 13.0 Å². The second kappa shape index (κ2) is 7.60. The molecular weight excluding hydrogens is 258 g/mol. The van der Waals surface area contributed by atoms with Crippen LogP contribution in [0.15, 0.2) is 0 Å². The van der Waals surface area contributed by atoms with Crippen LogP contribution in [0.2, 0.25) is 0 Å². The lowest BCUT2D eigenvalue weighted by Gasteiger charge is -2.19. The van der Waals surface area contributed by atoms with Gasteiger partial charge in [0.05, 0.1) is 10.7 Å². The Hall–Kier alpha value is -0.940. The molecular formula is C14H25N3OS. The summed E-state index contributed by atoms with van der Waals surface area (Å²) in [6.45, 7) is 12.5. The predicted molar refractivity (Wildman–Crippen MR) is 80.6 cm³/mol. The largest absolute Gasteiger partial charge is 0.343 e. The fourth-order valence-electron chi connectivity index (χ4n) is 2.17. The molecule has 0 radical (unpaired) electrons. The van der Waals surface area contributed by atoms with Crippen LogP contribution in [0.3, 0.4) is 0 Å². The number of carbonyl (C=O) groups excluding carboxylic acids is 1. The Morgan fingerprint density at radius 1 is 1.37 bits per heavy atom. The Balaban J connectivity index is 2.41. The highest BCUT2D eigenvalue weighted by molar-refractivity contribution is 7.11. The summed E-state index contributed by atoms with van der Waals surface area (Å²) >= 11 is 1.73. The fraction of sp³-hybridized carbons (Fsp3) is 0.714. The number of aromatic nitrogens is 1. The van der Waals surface area contributed by atoms with E-state index in [0.717, 1.165) is 23.8 Å². The van der Waals surface area contributed by atoms with Crippen LogP contribution in [0.5, 0.6) is 0 Å². The molecule has 4 nitrogen and oxygen atoms in total. The van der Waals surface area contributed by atoms with Crippen molar-refractivity contribution in [1.29, 1.82) is 0 Å². The number of nitrogens with one attached hydrogen (secondary N) is 1. The first kappa shape index (κ1) is 16.1. The van der Waals surface area contributed by atoms with Crippen molar-refractivity contribution >= 4 is 17.2 Å². The number of amides is 1. The Bertz CT molecular complexity index is 413. The zero-order chi connectivity index (χ0) is 14.4. The maximum atomic E-state index is 11.9. The number of hydrogen-bond acceptors (Lipinski definition) is 4. The molecule has 0 aliphatic carbocycles. The first-order valence-corrected chi connectivity index (χ1v) is 7.76. The van der Waals surface area contributed by atoms with Crippen LogP contribution in [0.4, 0.5) is 0 Å². The molecule has 1 aromatic rings. The SMILES string of the molecule is CCN(CC)C(=O)CCNC(C)c1sc(C)nc1C. The molecule has 0 aromatic carbocycles. The smallest absolute Gasteiger partial charge is 0.223 e. The van der Waals surface area contributed by atoms with E-state index in [-0.39, 0.29) is 11.9 Å². The molecule has 0 bridgehead atoms. The Labute approximate surface area is 120 Å². The summed E-state index contributed by atoms with van der Waals surface area (Å²) in [6, 6.07) is 0.260. The monoisotopic (exact) mass is 283 g/mol. The van der Waals surface area contributed by atoms with Crippen molar-refractivity contribution in [1.82, 2.24) is 15.2 Å². The summed E-state index contributed by atoms with van der Waals surface area (Å²) in [5.74, 6) is 0.224. The summed E-state index contributed by atoms with van der Waals surface area (Å²) in [5.41, 5.74) is 1.09. The maximum Gasteiger partial charge on any atom is 0.223 e. The highest BCUT2D eigenvalue weighted by Crippen LogP contribution is 2.24. The Morgan fingerprint density at radius 3 is 2.47 bits per heavy atom. The van der Waals surface area contributed by atoms with Gasteiger partial charge in [-0.1, -0.05) is 0 Å². The molecule has 19 heavy (non-hydrogen) atoms. The Kier molecular flexibility index (Phi) is 6.45. The summed E-state index contributed by atoms with van der Waals surface area (Å²) in [5, 5.41) is 4.51. The van der Waals surface area contributed by atoms with Crippen molar-refractivity contribution in [3.8, 4) is 0 Å².